The van der Waals surface area contributed by atoms with Crippen molar-refractivity contribution in [2.75, 3.05) is 18.5 Å². The molecule has 0 unspecified atom stereocenters. The van der Waals surface area contributed by atoms with E-state index in [2.05, 4.69) is 17.3 Å². The van der Waals surface area contributed by atoms with E-state index in [0.29, 0.717) is 17.3 Å². The van der Waals surface area contributed by atoms with Gasteiger partial charge in [0, 0.05) is 24.8 Å². The first-order valence-electron chi connectivity index (χ1n) is 6.46. The van der Waals surface area contributed by atoms with Gasteiger partial charge in [0.05, 0.1) is 0 Å². The Bertz CT molecular complexity index is 417. The number of pyridine rings is 1. The largest absolute Gasteiger partial charge is 0.338 e. The molecule has 0 saturated heterocycles. The molecule has 18 heavy (non-hydrogen) atoms. The fraction of sp³-hybridized carbons (Fsp3) is 0.538. The van der Waals surface area contributed by atoms with E-state index in [0.717, 1.165) is 19.5 Å². The van der Waals surface area contributed by atoms with Crippen molar-refractivity contribution in [3.8, 4) is 0 Å². The summed E-state index contributed by atoms with van der Waals surface area (Å²) in [5.74, 6) is 6.60. The summed E-state index contributed by atoms with van der Waals surface area (Å²) in [4.78, 5) is 18.3. The number of carbonyl (C=O) groups is 1. The molecule has 1 amide bonds. The first-order chi connectivity index (χ1) is 8.74. The molecule has 1 fully saturated rings. The zero-order valence-electron chi connectivity index (χ0n) is 10.7. The average molecular weight is 248 g/mol. The molecule has 1 aliphatic carbocycles. The number of hydrogen-bond donors (Lipinski definition) is 2. The van der Waals surface area contributed by atoms with Crippen LogP contribution in [-0.4, -0.2) is 28.9 Å². The summed E-state index contributed by atoms with van der Waals surface area (Å²) in [6.45, 7) is 3.77. The Balaban J connectivity index is 2.09. The summed E-state index contributed by atoms with van der Waals surface area (Å²) in [5, 5.41) is 0. The van der Waals surface area contributed by atoms with Gasteiger partial charge in [0.25, 0.3) is 5.91 Å². The van der Waals surface area contributed by atoms with Crippen LogP contribution in [0, 0.1) is 5.92 Å². The molecular formula is C13H20N4O. The van der Waals surface area contributed by atoms with Crippen molar-refractivity contribution in [2.45, 2.75) is 26.2 Å². The maximum Gasteiger partial charge on any atom is 0.254 e. The quantitative estimate of drug-likeness (QED) is 0.593. The molecule has 0 aliphatic heterocycles. The molecule has 5 heteroatoms. The van der Waals surface area contributed by atoms with E-state index >= 15 is 0 Å². The van der Waals surface area contributed by atoms with Gasteiger partial charge in [0.15, 0.2) is 0 Å². The lowest BCUT2D eigenvalue weighted by molar-refractivity contribution is 0.0747. The third-order valence-corrected chi connectivity index (χ3v) is 3.11. The van der Waals surface area contributed by atoms with Crippen LogP contribution in [0.25, 0.3) is 0 Å². The number of nitrogens with two attached hydrogens (primary N) is 1. The van der Waals surface area contributed by atoms with E-state index in [1.54, 1.807) is 18.3 Å². The Hall–Kier alpha value is -1.62. The number of aromatic nitrogens is 1. The lowest BCUT2D eigenvalue weighted by atomic mass is 10.2. The SMILES string of the molecule is CCCN(CC1CC1)C(=O)c1ccnc(NN)c1. The Morgan fingerprint density at radius 2 is 2.39 bits per heavy atom. The van der Waals surface area contributed by atoms with Crippen LogP contribution in [0.4, 0.5) is 5.82 Å². The molecule has 1 aliphatic rings. The molecular weight excluding hydrogens is 228 g/mol. The highest BCUT2D eigenvalue weighted by molar-refractivity contribution is 5.94. The number of rotatable bonds is 6. The second kappa shape index (κ2) is 5.82. The van der Waals surface area contributed by atoms with Crippen molar-refractivity contribution in [3.05, 3.63) is 23.9 Å². The molecule has 5 nitrogen and oxygen atoms in total. The minimum atomic E-state index is 0.0719. The predicted octanol–water partition coefficient (Wildman–Crippen LogP) is 1.63. The molecule has 2 rings (SSSR count). The molecule has 1 aromatic heterocycles. The van der Waals surface area contributed by atoms with Gasteiger partial charge in [-0.25, -0.2) is 10.8 Å². The van der Waals surface area contributed by atoms with Crippen LogP contribution in [-0.2, 0) is 0 Å². The van der Waals surface area contributed by atoms with E-state index in [9.17, 15) is 4.79 Å². The first-order valence-corrected chi connectivity index (χ1v) is 6.46. The monoisotopic (exact) mass is 248 g/mol. The van der Waals surface area contributed by atoms with Gasteiger partial charge in [-0.2, -0.15) is 0 Å². The summed E-state index contributed by atoms with van der Waals surface area (Å²) in [7, 11) is 0. The number of carbonyl (C=O) groups excluding carboxylic acids is 1. The van der Waals surface area contributed by atoms with Crippen LogP contribution in [0.2, 0.25) is 0 Å². The predicted molar refractivity (Wildman–Crippen MR) is 71.0 cm³/mol. The third kappa shape index (κ3) is 3.20. The number of hydrogen-bond acceptors (Lipinski definition) is 4. The number of nitrogen functional groups attached to an aromatic ring is 1. The zero-order valence-corrected chi connectivity index (χ0v) is 10.7. The van der Waals surface area contributed by atoms with Crippen molar-refractivity contribution in [1.82, 2.24) is 9.88 Å². The maximum atomic E-state index is 12.4. The van der Waals surface area contributed by atoms with Gasteiger partial charge in [-0.15, -0.1) is 0 Å². The van der Waals surface area contributed by atoms with Crippen molar-refractivity contribution >= 4 is 11.7 Å². The molecule has 0 aromatic carbocycles. The fourth-order valence-electron chi connectivity index (χ4n) is 1.98. The van der Waals surface area contributed by atoms with Crippen molar-refractivity contribution < 1.29 is 4.79 Å². The Morgan fingerprint density at radius 3 is 3.00 bits per heavy atom. The molecule has 3 N–H and O–H groups in total. The molecule has 1 heterocycles. The number of amides is 1. The van der Waals surface area contributed by atoms with Gasteiger partial charge in [-0.05, 0) is 37.3 Å². The number of nitrogens with zero attached hydrogens (tertiary/aromatic N) is 2. The second-order valence-electron chi connectivity index (χ2n) is 4.77. The van der Waals surface area contributed by atoms with Crippen LogP contribution >= 0.6 is 0 Å². The molecule has 0 radical (unpaired) electrons. The highest BCUT2D eigenvalue weighted by Gasteiger charge is 2.26. The van der Waals surface area contributed by atoms with Crippen molar-refractivity contribution in [3.63, 3.8) is 0 Å². The highest BCUT2D eigenvalue weighted by Crippen LogP contribution is 2.30. The number of hydrazine groups is 1. The summed E-state index contributed by atoms with van der Waals surface area (Å²) >= 11 is 0. The minimum Gasteiger partial charge on any atom is -0.338 e. The van der Waals surface area contributed by atoms with Gasteiger partial charge >= 0.3 is 0 Å². The van der Waals surface area contributed by atoms with Gasteiger partial charge < -0.3 is 10.3 Å². The van der Waals surface area contributed by atoms with Gasteiger partial charge in [0.2, 0.25) is 0 Å². The lowest BCUT2D eigenvalue weighted by Gasteiger charge is -2.22. The van der Waals surface area contributed by atoms with E-state index in [1.165, 1.54) is 12.8 Å². The van der Waals surface area contributed by atoms with Gasteiger partial charge in [0.1, 0.15) is 5.82 Å². The molecule has 1 saturated carbocycles. The third-order valence-electron chi connectivity index (χ3n) is 3.11. The second-order valence-corrected chi connectivity index (χ2v) is 4.77. The Labute approximate surface area is 107 Å². The Morgan fingerprint density at radius 1 is 1.61 bits per heavy atom. The molecule has 0 bridgehead atoms. The maximum absolute atomic E-state index is 12.4. The zero-order chi connectivity index (χ0) is 13.0. The summed E-state index contributed by atoms with van der Waals surface area (Å²) in [6, 6.07) is 3.43. The lowest BCUT2D eigenvalue weighted by Crippen LogP contribution is -2.33. The van der Waals surface area contributed by atoms with E-state index < -0.39 is 0 Å². The normalized spacial score (nSPS) is 14.3. The summed E-state index contributed by atoms with van der Waals surface area (Å²) < 4.78 is 0. The Kier molecular flexibility index (Phi) is 4.15. The smallest absolute Gasteiger partial charge is 0.254 e. The molecule has 98 valence electrons. The van der Waals surface area contributed by atoms with Gasteiger partial charge in [-0.1, -0.05) is 6.92 Å². The minimum absolute atomic E-state index is 0.0719. The molecule has 0 atom stereocenters. The van der Waals surface area contributed by atoms with E-state index in [1.807, 2.05) is 4.90 Å². The van der Waals surface area contributed by atoms with E-state index in [4.69, 9.17) is 5.84 Å². The van der Waals surface area contributed by atoms with Crippen molar-refractivity contribution in [2.24, 2.45) is 11.8 Å². The highest BCUT2D eigenvalue weighted by atomic mass is 16.2. The van der Waals surface area contributed by atoms with Gasteiger partial charge in [-0.3, -0.25) is 4.79 Å². The molecule has 0 spiro atoms. The number of anilines is 1. The van der Waals surface area contributed by atoms with Crippen LogP contribution < -0.4 is 11.3 Å². The standard InChI is InChI=1S/C13H20N4O/c1-2-7-17(9-10-3-4-10)13(18)11-5-6-15-12(8-11)16-14/h5-6,8,10H,2-4,7,9,14H2,1H3,(H,15,16). The van der Waals surface area contributed by atoms with E-state index in [-0.39, 0.29) is 5.91 Å². The summed E-state index contributed by atoms with van der Waals surface area (Å²) in [6.07, 6.45) is 5.08. The van der Waals surface area contributed by atoms with Crippen molar-refractivity contribution in [1.29, 1.82) is 0 Å². The first kappa shape index (κ1) is 12.8. The topological polar surface area (TPSA) is 71.2 Å². The average Bonchev–Trinajstić information content (AvgIpc) is 3.21. The number of nitrogens with one attached hydrogen (secondary N) is 1. The van der Waals surface area contributed by atoms with Crippen LogP contribution in [0.5, 0.6) is 0 Å². The summed E-state index contributed by atoms with van der Waals surface area (Å²) in [5.41, 5.74) is 3.11. The molecule has 1 aromatic rings. The van der Waals surface area contributed by atoms with Crippen LogP contribution in [0.15, 0.2) is 18.3 Å². The fourth-order valence-corrected chi connectivity index (χ4v) is 1.98. The van der Waals surface area contributed by atoms with Crippen LogP contribution in [0.1, 0.15) is 36.5 Å². The van der Waals surface area contributed by atoms with Crippen LogP contribution in [0.3, 0.4) is 0 Å².